The average Bonchev–Trinajstić information content (AvgIpc) is 2.48. The van der Waals surface area contributed by atoms with Crippen molar-refractivity contribution in [2.75, 3.05) is 19.8 Å². The minimum atomic E-state index is -0.465. The van der Waals surface area contributed by atoms with Crippen molar-refractivity contribution in [2.45, 2.75) is 102 Å². The van der Waals surface area contributed by atoms with Crippen LogP contribution in [0.2, 0.25) is 0 Å². The van der Waals surface area contributed by atoms with Crippen LogP contribution in [0.1, 0.15) is 79.1 Å². The molecule has 0 aromatic heterocycles. The minimum Gasteiger partial charge on any atom is -0.393 e. The Kier molecular flexibility index (Phi) is 5.19. The molecule has 5 rings (SSSR count). The molecule has 156 valence electrons. The number of likely N-dealkylation sites (tertiary alicyclic amines) is 1. The van der Waals surface area contributed by atoms with Gasteiger partial charge in [-0.05, 0) is 102 Å². The van der Waals surface area contributed by atoms with Gasteiger partial charge in [-0.2, -0.15) is 0 Å². The molecule has 4 bridgehead atoms. The summed E-state index contributed by atoms with van der Waals surface area (Å²) in [6.07, 6.45) is 9.28. The first kappa shape index (κ1) is 20.1. The van der Waals surface area contributed by atoms with E-state index in [1.165, 1.54) is 38.5 Å². The van der Waals surface area contributed by atoms with E-state index in [0.717, 1.165) is 37.2 Å². The molecular formula is C23H41NO3. The highest BCUT2D eigenvalue weighted by Gasteiger charge is 2.51. The van der Waals surface area contributed by atoms with Gasteiger partial charge in [0.15, 0.2) is 0 Å². The standard InChI is InChI=1S/C23H41NO3/c1-21(2)11-19(25)12-22(3,4)24(21)13-20(26)14-27-15-23-8-16-5-17(9-23)7-18(6-16)10-23/h16-20,25-26H,5-15H2,1-4H3/t16?,17?,18?,20-,23?/m1/s1. The lowest BCUT2D eigenvalue weighted by Gasteiger charge is -2.56. The number of aliphatic hydroxyl groups excluding tert-OH is 2. The Bertz CT molecular complexity index is 490. The third-order valence-corrected chi connectivity index (χ3v) is 8.21. The molecule has 4 aliphatic carbocycles. The van der Waals surface area contributed by atoms with Gasteiger partial charge < -0.3 is 14.9 Å². The zero-order valence-electron chi connectivity index (χ0n) is 17.9. The van der Waals surface area contributed by atoms with E-state index in [-0.39, 0.29) is 17.2 Å². The van der Waals surface area contributed by atoms with Gasteiger partial charge in [0.05, 0.1) is 25.4 Å². The number of nitrogens with zero attached hydrogens (tertiary/aromatic N) is 1. The predicted molar refractivity (Wildman–Crippen MR) is 108 cm³/mol. The van der Waals surface area contributed by atoms with Crippen molar-refractivity contribution in [1.29, 1.82) is 0 Å². The van der Waals surface area contributed by atoms with Crippen LogP contribution in [0, 0.1) is 23.2 Å². The van der Waals surface area contributed by atoms with Gasteiger partial charge in [0, 0.05) is 17.6 Å². The molecule has 0 amide bonds. The van der Waals surface area contributed by atoms with E-state index in [2.05, 4.69) is 32.6 Å². The molecule has 0 aromatic carbocycles. The zero-order valence-corrected chi connectivity index (χ0v) is 17.9. The summed E-state index contributed by atoms with van der Waals surface area (Å²) in [6.45, 7) is 10.6. The molecule has 4 saturated carbocycles. The number of β-amino-alcohol motifs (C(OH)–C–C–N with tert-alkyl or cyclic N) is 1. The topological polar surface area (TPSA) is 52.9 Å². The Balaban J connectivity index is 1.29. The number of piperidine rings is 1. The second kappa shape index (κ2) is 6.97. The maximum absolute atomic E-state index is 10.7. The second-order valence-corrected chi connectivity index (χ2v) is 11.9. The summed E-state index contributed by atoms with van der Waals surface area (Å²) in [4.78, 5) is 2.38. The summed E-state index contributed by atoms with van der Waals surface area (Å²) in [7, 11) is 0. The molecule has 2 N–H and O–H groups in total. The van der Waals surface area contributed by atoms with Crippen LogP contribution in [0.5, 0.6) is 0 Å². The van der Waals surface area contributed by atoms with Crippen LogP contribution in [-0.2, 0) is 4.74 Å². The fourth-order valence-corrected chi connectivity index (χ4v) is 7.90. The molecule has 4 nitrogen and oxygen atoms in total. The maximum atomic E-state index is 10.7. The van der Waals surface area contributed by atoms with E-state index >= 15 is 0 Å². The number of rotatable bonds is 6. The normalized spacial score (nSPS) is 41.8. The van der Waals surface area contributed by atoms with E-state index < -0.39 is 6.10 Å². The van der Waals surface area contributed by atoms with Crippen molar-refractivity contribution in [1.82, 2.24) is 4.90 Å². The molecule has 0 spiro atoms. The summed E-state index contributed by atoms with van der Waals surface area (Å²) in [5.74, 6) is 2.85. The van der Waals surface area contributed by atoms with E-state index in [4.69, 9.17) is 4.74 Å². The Hall–Kier alpha value is -0.160. The molecule has 0 radical (unpaired) electrons. The minimum absolute atomic E-state index is 0.109. The molecular weight excluding hydrogens is 338 g/mol. The number of hydrogen-bond donors (Lipinski definition) is 2. The third kappa shape index (κ3) is 4.10. The summed E-state index contributed by atoms with van der Waals surface area (Å²) in [5, 5.41) is 20.9. The highest BCUT2D eigenvalue weighted by molar-refractivity contribution is 5.02. The first-order valence-electron chi connectivity index (χ1n) is 11.3. The van der Waals surface area contributed by atoms with Crippen LogP contribution in [-0.4, -0.2) is 58.2 Å². The van der Waals surface area contributed by atoms with Gasteiger partial charge in [0.1, 0.15) is 0 Å². The van der Waals surface area contributed by atoms with E-state index in [1.807, 2.05) is 0 Å². The lowest BCUT2D eigenvalue weighted by atomic mass is 9.50. The van der Waals surface area contributed by atoms with Crippen molar-refractivity contribution in [2.24, 2.45) is 23.2 Å². The second-order valence-electron chi connectivity index (χ2n) is 11.9. The first-order chi connectivity index (χ1) is 12.6. The molecule has 1 heterocycles. The number of hydrogen-bond acceptors (Lipinski definition) is 4. The van der Waals surface area contributed by atoms with Crippen molar-refractivity contribution in [3.05, 3.63) is 0 Å². The Morgan fingerprint density at radius 1 is 0.889 bits per heavy atom. The predicted octanol–water partition coefficient (Wildman–Crippen LogP) is 3.59. The Morgan fingerprint density at radius 3 is 1.85 bits per heavy atom. The molecule has 5 aliphatic rings. The van der Waals surface area contributed by atoms with Crippen LogP contribution >= 0.6 is 0 Å². The molecule has 0 unspecified atom stereocenters. The Morgan fingerprint density at radius 2 is 1.37 bits per heavy atom. The van der Waals surface area contributed by atoms with Gasteiger partial charge in [-0.1, -0.05) is 0 Å². The Labute approximate surface area is 165 Å². The van der Waals surface area contributed by atoms with Crippen molar-refractivity contribution < 1.29 is 14.9 Å². The largest absolute Gasteiger partial charge is 0.393 e. The van der Waals surface area contributed by atoms with Crippen LogP contribution in [0.4, 0.5) is 0 Å². The van der Waals surface area contributed by atoms with Crippen LogP contribution in [0.3, 0.4) is 0 Å². The molecule has 1 saturated heterocycles. The first-order valence-corrected chi connectivity index (χ1v) is 11.3. The maximum Gasteiger partial charge on any atom is 0.0900 e. The van der Waals surface area contributed by atoms with Gasteiger partial charge >= 0.3 is 0 Å². The SMILES string of the molecule is CC1(C)CC(O)CC(C)(C)N1C[C@@H](O)COCC12CC3CC(CC(C3)C1)C2. The van der Waals surface area contributed by atoms with E-state index in [0.29, 0.717) is 18.6 Å². The van der Waals surface area contributed by atoms with Gasteiger partial charge in [-0.3, -0.25) is 4.90 Å². The quantitative estimate of drug-likeness (QED) is 0.740. The van der Waals surface area contributed by atoms with E-state index in [1.54, 1.807) is 0 Å². The van der Waals surface area contributed by atoms with Crippen LogP contribution < -0.4 is 0 Å². The van der Waals surface area contributed by atoms with E-state index in [9.17, 15) is 10.2 Å². The van der Waals surface area contributed by atoms with Gasteiger partial charge in [-0.15, -0.1) is 0 Å². The molecule has 5 fully saturated rings. The fraction of sp³-hybridized carbons (Fsp3) is 1.00. The number of aliphatic hydroxyl groups is 2. The highest BCUT2D eigenvalue weighted by atomic mass is 16.5. The van der Waals surface area contributed by atoms with Crippen LogP contribution in [0.25, 0.3) is 0 Å². The summed E-state index contributed by atoms with van der Waals surface area (Å²) >= 11 is 0. The summed E-state index contributed by atoms with van der Waals surface area (Å²) in [6, 6.07) is 0. The average molecular weight is 380 g/mol. The molecule has 27 heavy (non-hydrogen) atoms. The molecule has 1 aliphatic heterocycles. The highest BCUT2D eigenvalue weighted by Crippen LogP contribution is 2.60. The smallest absolute Gasteiger partial charge is 0.0900 e. The van der Waals surface area contributed by atoms with Gasteiger partial charge in [0.2, 0.25) is 0 Å². The number of ether oxygens (including phenoxy) is 1. The molecule has 4 heteroatoms. The fourth-order valence-electron chi connectivity index (χ4n) is 7.90. The summed E-state index contributed by atoms with van der Waals surface area (Å²) < 4.78 is 6.15. The summed E-state index contributed by atoms with van der Waals surface area (Å²) in [5.41, 5.74) is 0.201. The lowest BCUT2D eigenvalue weighted by molar-refractivity contribution is -0.123. The third-order valence-electron chi connectivity index (χ3n) is 8.21. The van der Waals surface area contributed by atoms with Crippen molar-refractivity contribution >= 4 is 0 Å². The van der Waals surface area contributed by atoms with Crippen molar-refractivity contribution in [3.8, 4) is 0 Å². The van der Waals surface area contributed by atoms with Gasteiger partial charge in [-0.25, -0.2) is 0 Å². The zero-order chi connectivity index (χ0) is 19.4. The monoisotopic (exact) mass is 379 g/mol. The lowest BCUT2D eigenvalue weighted by Crippen LogP contribution is -2.63. The molecule has 1 atom stereocenters. The van der Waals surface area contributed by atoms with Crippen molar-refractivity contribution in [3.63, 3.8) is 0 Å². The van der Waals surface area contributed by atoms with Crippen LogP contribution in [0.15, 0.2) is 0 Å². The van der Waals surface area contributed by atoms with Gasteiger partial charge in [0.25, 0.3) is 0 Å². The molecule has 0 aromatic rings.